The van der Waals surface area contributed by atoms with Crippen molar-refractivity contribution in [1.82, 2.24) is 9.97 Å². The van der Waals surface area contributed by atoms with Crippen LogP contribution < -0.4 is 11.1 Å². The Labute approximate surface area is 108 Å². The molecule has 2 heterocycles. The van der Waals surface area contributed by atoms with Crippen molar-refractivity contribution >= 4 is 33.5 Å². The minimum atomic E-state index is -0.771. The highest BCUT2D eigenvalue weighted by Gasteiger charge is 2.11. The van der Waals surface area contributed by atoms with Gasteiger partial charge in [0.25, 0.3) is 0 Å². The monoisotopic (exact) mass is 266 g/mol. The summed E-state index contributed by atoms with van der Waals surface area (Å²) in [4.78, 5) is 21.1. The molecule has 0 aromatic carbocycles. The summed E-state index contributed by atoms with van der Waals surface area (Å²) in [6.07, 6.45) is 0.752. The van der Waals surface area contributed by atoms with E-state index in [-0.39, 0.29) is 6.61 Å². The lowest BCUT2D eigenvalue weighted by molar-refractivity contribution is 0.161. The van der Waals surface area contributed by atoms with E-state index in [1.165, 1.54) is 16.8 Å². The van der Waals surface area contributed by atoms with Crippen LogP contribution >= 0.6 is 11.3 Å². The first kappa shape index (κ1) is 12.6. The largest absolute Gasteiger partial charge is 0.448 e. The number of carbonyl (C=O) groups is 1. The maximum atomic E-state index is 10.4. The number of carbonyl (C=O) groups excluding carboxylic acids is 1. The molecule has 0 radical (unpaired) electrons. The number of aromatic nitrogens is 2. The highest BCUT2D eigenvalue weighted by atomic mass is 32.1. The first-order chi connectivity index (χ1) is 8.59. The van der Waals surface area contributed by atoms with Crippen molar-refractivity contribution < 1.29 is 9.53 Å². The SMILES string of the molecule is Cc1sc2ncnc(NCCOC(N)=O)c2c1C. The molecule has 0 unspecified atom stereocenters. The van der Waals surface area contributed by atoms with E-state index in [1.807, 2.05) is 6.92 Å². The van der Waals surface area contributed by atoms with Crippen LogP contribution in [0.3, 0.4) is 0 Å². The molecular weight excluding hydrogens is 252 g/mol. The first-order valence-electron chi connectivity index (χ1n) is 5.46. The molecule has 0 aliphatic heterocycles. The number of anilines is 1. The number of hydrogen-bond donors (Lipinski definition) is 2. The van der Waals surface area contributed by atoms with Gasteiger partial charge < -0.3 is 15.8 Å². The summed E-state index contributed by atoms with van der Waals surface area (Å²) in [5, 5.41) is 4.15. The fourth-order valence-corrected chi connectivity index (χ4v) is 2.63. The van der Waals surface area contributed by atoms with Crippen molar-refractivity contribution in [3.8, 4) is 0 Å². The summed E-state index contributed by atoms with van der Waals surface area (Å²) >= 11 is 1.64. The van der Waals surface area contributed by atoms with Gasteiger partial charge >= 0.3 is 6.09 Å². The number of nitrogens with one attached hydrogen (secondary N) is 1. The molecule has 2 aromatic rings. The van der Waals surface area contributed by atoms with Crippen LogP contribution in [-0.4, -0.2) is 29.2 Å². The van der Waals surface area contributed by atoms with Crippen LogP contribution in [0.25, 0.3) is 10.2 Å². The smallest absolute Gasteiger partial charge is 0.404 e. The Morgan fingerprint density at radius 1 is 1.50 bits per heavy atom. The van der Waals surface area contributed by atoms with Crippen LogP contribution in [0.4, 0.5) is 10.6 Å². The summed E-state index contributed by atoms with van der Waals surface area (Å²) in [6, 6.07) is 0. The Balaban J connectivity index is 2.15. The molecule has 1 amide bonds. The molecule has 0 bridgehead atoms. The lowest BCUT2D eigenvalue weighted by atomic mass is 10.2. The Hall–Kier alpha value is -1.89. The summed E-state index contributed by atoms with van der Waals surface area (Å²) in [7, 11) is 0. The minimum Gasteiger partial charge on any atom is -0.448 e. The summed E-state index contributed by atoms with van der Waals surface area (Å²) in [6.45, 7) is 4.77. The zero-order valence-corrected chi connectivity index (χ0v) is 11.0. The van der Waals surface area contributed by atoms with Crippen LogP contribution in [0.15, 0.2) is 6.33 Å². The lowest BCUT2D eigenvalue weighted by Crippen LogP contribution is -2.18. The van der Waals surface area contributed by atoms with Gasteiger partial charge in [-0.1, -0.05) is 0 Å². The molecule has 0 saturated carbocycles. The van der Waals surface area contributed by atoms with Crippen molar-refractivity contribution in [3.63, 3.8) is 0 Å². The van der Waals surface area contributed by atoms with E-state index in [2.05, 4.69) is 26.9 Å². The number of nitrogens with two attached hydrogens (primary N) is 1. The van der Waals surface area contributed by atoms with Crippen LogP contribution in [0.5, 0.6) is 0 Å². The van der Waals surface area contributed by atoms with Gasteiger partial charge in [-0.15, -0.1) is 11.3 Å². The van der Waals surface area contributed by atoms with Crippen molar-refractivity contribution in [2.45, 2.75) is 13.8 Å². The van der Waals surface area contributed by atoms with Crippen molar-refractivity contribution in [1.29, 1.82) is 0 Å². The molecule has 0 spiro atoms. The van der Waals surface area contributed by atoms with Crippen molar-refractivity contribution in [2.24, 2.45) is 5.73 Å². The molecule has 2 aromatic heterocycles. The Morgan fingerprint density at radius 3 is 3.00 bits per heavy atom. The second-order valence-electron chi connectivity index (χ2n) is 3.78. The highest BCUT2D eigenvalue weighted by molar-refractivity contribution is 7.18. The Bertz CT molecular complexity index is 582. The second kappa shape index (κ2) is 5.18. The molecule has 0 saturated heterocycles. The molecular formula is C11H14N4O2S. The molecule has 6 nitrogen and oxygen atoms in total. The van der Waals surface area contributed by atoms with E-state index < -0.39 is 6.09 Å². The van der Waals surface area contributed by atoms with Gasteiger partial charge in [0.1, 0.15) is 23.6 Å². The van der Waals surface area contributed by atoms with Crippen molar-refractivity contribution in [2.75, 3.05) is 18.5 Å². The zero-order valence-electron chi connectivity index (χ0n) is 10.2. The molecule has 2 rings (SSSR count). The first-order valence-corrected chi connectivity index (χ1v) is 6.28. The third-order valence-corrected chi connectivity index (χ3v) is 3.72. The van der Waals surface area contributed by atoms with E-state index in [1.54, 1.807) is 11.3 Å². The van der Waals surface area contributed by atoms with Crippen LogP contribution in [0.2, 0.25) is 0 Å². The number of rotatable bonds is 4. The lowest BCUT2D eigenvalue weighted by Gasteiger charge is -2.06. The van der Waals surface area contributed by atoms with E-state index in [0.29, 0.717) is 6.54 Å². The number of primary amides is 1. The fourth-order valence-electron chi connectivity index (χ4n) is 1.64. The van der Waals surface area contributed by atoms with Gasteiger partial charge in [0, 0.05) is 4.88 Å². The summed E-state index contributed by atoms with van der Waals surface area (Å²) in [5.74, 6) is 0.759. The van der Waals surface area contributed by atoms with E-state index in [0.717, 1.165) is 16.0 Å². The van der Waals surface area contributed by atoms with Crippen LogP contribution in [-0.2, 0) is 4.74 Å². The van der Waals surface area contributed by atoms with Crippen LogP contribution in [0, 0.1) is 13.8 Å². The molecule has 7 heteroatoms. The molecule has 0 fully saturated rings. The van der Waals surface area contributed by atoms with Crippen LogP contribution in [0.1, 0.15) is 10.4 Å². The van der Waals surface area contributed by atoms with Gasteiger partial charge in [-0.25, -0.2) is 14.8 Å². The van der Waals surface area contributed by atoms with Crippen molar-refractivity contribution in [3.05, 3.63) is 16.8 Å². The number of hydrogen-bond acceptors (Lipinski definition) is 6. The van der Waals surface area contributed by atoms with Gasteiger partial charge in [-0.3, -0.25) is 0 Å². The van der Waals surface area contributed by atoms with Gasteiger partial charge in [0.2, 0.25) is 0 Å². The summed E-state index contributed by atoms with van der Waals surface area (Å²) in [5.41, 5.74) is 6.05. The fraction of sp³-hybridized carbons (Fsp3) is 0.364. The van der Waals surface area contributed by atoms with E-state index in [4.69, 9.17) is 5.73 Å². The highest BCUT2D eigenvalue weighted by Crippen LogP contribution is 2.32. The maximum absolute atomic E-state index is 10.4. The van der Waals surface area contributed by atoms with E-state index >= 15 is 0 Å². The number of nitrogens with zero attached hydrogens (tertiary/aromatic N) is 2. The van der Waals surface area contributed by atoms with Gasteiger partial charge in [-0.05, 0) is 19.4 Å². The average molecular weight is 266 g/mol. The molecule has 0 aliphatic carbocycles. The minimum absolute atomic E-state index is 0.211. The quantitative estimate of drug-likeness (QED) is 0.824. The Kier molecular flexibility index (Phi) is 3.61. The average Bonchev–Trinajstić information content (AvgIpc) is 2.61. The third kappa shape index (κ3) is 2.51. The number of fused-ring (bicyclic) bond motifs is 1. The van der Waals surface area contributed by atoms with Gasteiger partial charge in [-0.2, -0.15) is 0 Å². The third-order valence-electron chi connectivity index (χ3n) is 2.60. The number of amides is 1. The van der Waals surface area contributed by atoms with E-state index in [9.17, 15) is 4.79 Å². The standard InChI is InChI=1S/C11H14N4O2S/c1-6-7(2)18-10-8(6)9(14-5-15-10)13-3-4-17-11(12)16/h5H,3-4H2,1-2H3,(H2,12,16)(H,13,14,15). The number of thiophene rings is 1. The second-order valence-corrected chi connectivity index (χ2v) is 4.98. The zero-order chi connectivity index (χ0) is 13.1. The predicted molar refractivity (Wildman–Crippen MR) is 70.9 cm³/mol. The molecule has 96 valence electrons. The molecule has 3 N–H and O–H groups in total. The Morgan fingerprint density at radius 2 is 2.28 bits per heavy atom. The predicted octanol–water partition coefficient (Wildman–Crippen LogP) is 1.82. The normalized spacial score (nSPS) is 10.6. The summed E-state index contributed by atoms with van der Waals surface area (Å²) < 4.78 is 4.65. The number of ether oxygens (including phenoxy) is 1. The molecule has 18 heavy (non-hydrogen) atoms. The van der Waals surface area contributed by atoms with Gasteiger partial charge in [0.15, 0.2) is 0 Å². The molecule has 0 atom stereocenters. The number of aryl methyl sites for hydroxylation is 2. The topological polar surface area (TPSA) is 90.1 Å². The molecule has 0 aliphatic rings. The van der Waals surface area contributed by atoms with Gasteiger partial charge in [0.05, 0.1) is 11.9 Å². The maximum Gasteiger partial charge on any atom is 0.404 e.